The quantitative estimate of drug-likeness (QED) is 0.917. The molecule has 5 heteroatoms. The average Bonchev–Trinajstić information content (AvgIpc) is 2.45. The lowest BCUT2D eigenvalue weighted by molar-refractivity contribution is 0.0935. The van der Waals surface area contributed by atoms with E-state index in [-0.39, 0.29) is 23.1 Å². The number of aromatic nitrogens is 2. The molecule has 0 unspecified atom stereocenters. The molecule has 112 valence electrons. The minimum absolute atomic E-state index is 0.0378. The monoisotopic (exact) mass is 287 g/mol. The molecule has 1 atom stereocenters. The molecule has 1 amide bonds. The van der Waals surface area contributed by atoms with E-state index in [1.54, 1.807) is 24.4 Å². The van der Waals surface area contributed by atoms with E-state index in [1.807, 2.05) is 6.92 Å². The Hall–Kier alpha value is -2.17. The highest BCUT2D eigenvalue weighted by Crippen LogP contribution is 2.07. The highest BCUT2D eigenvalue weighted by Gasteiger charge is 2.15. The number of carbonyl (C=O) groups excluding carboxylic acids is 1. The standard InChI is InChI=1S/C16H21N3O2/c1-11(2)7-8-12(3)18-15(20)13-10-17-14-6-4-5-9-19(14)16(13)21/h4-6,9-12H,7-8H2,1-3H3,(H,18,20)/t12-/m1/s1. The first-order chi connectivity index (χ1) is 9.99. The van der Waals surface area contributed by atoms with Crippen LogP contribution >= 0.6 is 0 Å². The molecule has 0 saturated carbocycles. The first-order valence-electron chi connectivity index (χ1n) is 7.26. The van der Waals surface area contributed by atoms with E-state index in [4.69, 9.17) is 0 Å². The van der Waals surface area contributed by atoms with Crippen LogP contribution in [-0.4, -0.2) is 21.3 Å². The summed E-state index contributed by atoms with van der Waals surface area (Å²) in [7, 11) is 0. The van der Waals surface area contributed by atoms with Crippen LogP contribution < -0.4 is 10.9 Å². The van der Waals surface area contributed by atoms with Gasteiger partial charge in [-0.05, 0) is 37.8 Å². The Balaban J connectivity index is 2.16. The molecule has 2 heterocycles. The van der Waals surface area contributed by atoms with Crippen molar-refractivity contribution in [2.45, 2.75) is 39.7 Å². The number of nitrogens with one attached hydrogen (secondary N) is 1. The summed E-state index contributed by atoms with van der Waals surface area (Å²) in [6.45, 7) is 6.24. The predicted molar refractivity (Wildman–Crippen MR) is 82.5 cm³/mol. The van der Waals surface area contributed by atoms with Crippen LogP contribution in [0.5, 0.6) is 0 Å². The summed E-state index contributed by atoms with van der Waals surface area (Å²) in [6.07, 6.45) is 4.90. The summed E-state index contributed by atoms with van der Waals surface area (Å²) < 4.78 is 1.38. The van der Waals surface area contributed by atoms with E-state index in [2.05, 4.69) is 24.1 Å². The van der Waals surface area contributed by atoms with E-state index in [9.17, 15) is 9.59 Å². The van der Waals surface area contributed by atoms with Gasteiger partial charge in [0, 0.05) is 18.4 Å². The van der Waals surface area contributed by atoms with Crippen LogP contribution in [0.1, 0.15) is 44.0 Å². The maximum Gasteiger partial charge on any atom is 0.270 e. The van der Waals surface area contributed by atoms with Gasteiger partial charge in [0.1, 0.15) is 11.2 Å². The summed E-state index contributed by atoms with van der Waals surface area (Å²) in [5.74, 6) is 0.235. The summed E-state index contributed by atoms with van der Waals surface area (Å²) in [5, 5.41) is 2.86. The van der Waals surface area contributed by atoms with Crippen LogP contribution in [0.25, 0.3) is 5.65 Å². The van der Waals surface area contributed by atoms with Gasteiger partial charge in [-0.3, -0.25) is 14.0 Å². The Labute approximate surface area is 124 Å². The van der Waals surface area contributed by atoms with Crippen LogP contribution in [0.3, 0.4) is 0 Å². The summed E-state index contributed by atoms with van der Waals surface area (Å²) in [5.41, 5.74) is 0.274. The Kier molecular flexibility index (Phi) is 4.73. The van der Waals surface area contributed by atoms with Crippen molar-refractivity contribution in [2.24, 2.45) is 5.92 Å². The third-order valence-electron chi connectivity index (χ3n) is 3.41. The molecule has 0 radical (unpaired) electrons. The van der Waals surface area contributed by atoms with Gasteiger partial charge in [-0.25, -0.2) is 4.98 Å². The smallest absolute Gasteiger partial charge is 0.270 e. The number of pyridine rings is 1. The third kappa shape index (κ3) is 3.68. The van der Waals surface area contributed by atoms with Crippen molar-refractivity contribution in [1.29, 1.82) is 0 Å². The van der Waals surface area contributed by atoms with Crippen LogP contribution in [0.15, 0.2) is 35.4 Å². The molecule has 21 heavy (non-hydrogen) atoms. The topological polar surface area (TPSA) is 63.5 Å². The van der Waals surface area contributed by atoms with Gasteiger partial charge in [0.25, 0.3) is 11.5 Å². The van der Waals surface area contributed by atoms with E-state index in [0.717, 1.165) is 12.8 Å². The fourth-order valence-electron chi connectivity index (χ4n) is 2.14. The van der Waals surface area contributed by atoms with E-state index in [1.165, 1.54) is 10.6 Å². The molecule has 0 spiro atoms. The minimum Gasteiger partial charge on any atom is -0.349 e. The third-order valence-corrected chi connectivity index (χ3v) is 3.41. The SMILES string of the molecule is CC(C)CC[C@@H](C)NC(=O)c1cnc2ccccn2c1=O. The molecule has 2 rings (SSSR count). The van der Waals surface area contributed by atoms with Gasteiger partial charge >= 0.3 is 0 Å². The summed E-state index contributed by atoms with van der Waals surface area (Å²) in [6, 6.07) is 5.31. The lowest BCUT2D eigenvalue weighted by Gasteiger charge is -2.14. The first-order valence-corrected chi connectivity index (χ1v) is 7.26. The zero-order valence-electron chi connectivity index (χ0n) is 12.7. The molecule has 2 aromatic heterocycles. The lowest BCUT2D eigenvalue weighted by Crippen LogP contribution is -2.37. The first kappa shape index (κ1) is 15.2. The molecule has 0 bridgehead atoms. The minimum atomic E-state index is -0.359. The Bertz CT molecular complexity index is 691. The molecule has 5 nitrogen and oxygen atoms in total. The van der Waals surface area contributed by atoms with Crippen molar-refractivity contribution in [3.63, 3.8) is 0 Å². The fourth-order valence-corrected chi connectivity index (χ4v) is 2.14. The molecular formula is C16H21N3O2. The van der Waals surface area contributed by atoms with E-state index < -0.39 is 0 Å². The maximum atomic E-state index is 12.3. The van der Waals surface area contributed by atoms with E-state index >= 15 is 0 Å². The van der Waals surface area contributed by atoms with Crippen LogP contribution in [0.4, 0.5) is 0 Å². The molecule has 1 N–H and O–H groups in total. The van der Waals surface area contributed by atoms with E-state index in [0.29, 0.717) is 11.6 Å². The number of hydrogen-bond donors (Lipinski definition) is 1. The normalized spacial score (nSPS) is 12.6. The van der Waals surface area contributed by atoms with Crippen molar-refractivity contribution in [3.05, 3.63) is 46.5 Å². The largest absolute Gasteiger partial charge is 0.349 e. The molecule has 0 aliphatic carbocycles. The number of rotatable bonds is 5. The molecule has 0 aromatic carbocycles. The summed E-state index contributed by atoms with van der Waals surface area (Å²) in [4.78, 5) is 28.6. The highest BCUT2D eigenvalue weighted by molar-refractivity contribution is 5.93. The molecular weight excluding hydrogens is 266 g/mol. The van der Waals surface area contributed by atoms with Gasteiger partial charge in [0.2, 0.25) is 0 Å². The van der Waals surface area contributed by atoms with Gasteiger partial charge in [-0.2, -0.15) is 0 Å². The van der Waals surface area contributed by atoms with Gasteiger partial charge in [0.15, 0.2) is 0 Å². The van der Waals surface area contributed by atoms with Crippen LogP contribution in [0, 0.1) is 5.92 Å². The fraction of sp³-hybridized carbons (Fsp3) is 0.438. The number of carbonyl (C=O) groups is 1. The Morgan fingerprint density at radius 1 is 1.29 bits per heavy atom. The predicted octanol–water partition coefficient (Wildman–Crippen LogP) is 2.25. The molecule has 0 saturated heterocycles. The Morgan fingerprint density at radius 2 is 2.05 bits per heavy atom. The number of amides is 1. The van der Waals surface area contributed by atoms with Crippen molar-refractivity contribution in [1.82, 2.24) is 14.7 Å². The zero-order valence-corrected chi connectivity index (χ0v) is 12.7. The van der Waals surface area contributed by atoms with Crippen molar-refractivity contribution >= 4 is 11.6 Å². The van der Waals surface area contributed by atoms with Gasteiger partial charge in [-0.15, -0.1) is 0 Å². The average molecular weight is 287 g/mol. The van der Waals surface area contributed by atoms with Crippen LogP contribution in [0.2, 0.25) is 0 Å². The summed E-state index contributed by atoms with van der Waals surface area (Å²) >= 11 is 0. The second kappa shape index (κ2) is 6.52. The molecule has 0 aliphatic rings. The Morgan fingerprint density at radius 3 is 2.76 bits per heavy atom. The van der Waals surface area contributed by atoms with Gasteiger partial charge < -0.3 is 5.32 Å². The lowest BCUT2D eigenvalue weighted by atomic mass is 10.0. The number of nitrogens with zero attached hydrogens (tertiary/aromatic N) is 2. The van der Waals surface area contributed by atoms with Gasteiger partial charge in [0.05, 0.1) is 0 Å². The second-order valence-corrected chi connectivity index (χ2v) is 5.75. The molecule has 0 aliphatic heterocycles. The van der Waals surface area contributed by atoms with Crippen molar-refractivity contribution < 1.29 is 4.79 Å². The maximum absolute atomic E-state index is 12.3. The van der Waals surface area contributed by atoms with Gasteiger partial charge in [-0.1, -0.05) is 19.9 Å². The molecule has 0 fully saturated rings. The van der Waals surface area contributed by atoms with Crippen LogP contribution in [-0.2, 0) is 0 Å². The van der Waals surface area contributed by atoms with Crippen molar-refractivity contribution in [2.75, 3.05) is 0 Å². The number of hydrogen-bond acceptors (Lipinski definition) is 3. The zero-order chi connectivity index (χ0) is 15.4. The highest BCUT2D eigenvalue weighted by atomic mass is 16.2. The van der Waals surface area contributed by atoms with Crippen molar-refractivity contribution in [3.8, 4) is 0 Å². The second-order valence-electron chi connectivity index (χ2n) is 5.75. The molecule has 2 aromatic rings. The number of fused-ring (bicyclic) bond motifs is 1.